The molecule has 3 rings (SSSR count). The van der Waals surface area contributed by atoms with Gasteiger partial charge in [0.1, 0.15) is 24.9 Å². The van der Waals surface area contributed by atoms with Crippen LogP contribution in [0.5, 0.6) is 5.75 Å². The predicted octanol–water partition coefficient (Wildman–Crippen LogP) is 4.24. The molecule has 202 valence electrons. The van der Waals surface area contributed by atoms with E-state index in [1.807, 2.05) is 30.3 Å². The Kier molecular flexibility index (Phi) is 10.2. The maximum absolute atomic E-state index is 13.5. The van der Waals surface area contributed by atoms with Gasteiger partial charge in [-0.25, -0.2) is 8.42 Å². The molecule has 0 spiro atoms. The molecule has 1 atom stereocenters. The molecular weight excluding hydrogens is 526 g/mol. The van der Waals surface area contributed by atoms with Gasteiger partial charge in [-0.1, -0.05) is 60.1 Å². The number of benzene rings is 3. The number of hydrogen-bond donors (Lipinski definition) is 1. The second kappa shape index (κ2) is 13.3. The van der Waals surface area contributed by atoms with E-state index < -0.39 is 28.5 Å². The van der Waals surface area contributed by atoms with Gasteiger partial charge < -0.3 is 15.0 Å². The van der Waals surface area contributed by atoms with Crippen LogP contribution in [0.3, 0.4) is 0 Å². The van der Waals surface area contributed by atoms with Gasteiger partial charge in [0.15, 0.2) is 0 Å². The fourth-order valence-electron chi connectivity index (χ4n) is 3.78. The standard InChI is InChI=1S/C28H32ClN3O5S/c1-4-30-28(34)21(2)31(18-23-12-8-9-13-26(23)29)27(33)19-32(38(3,35)36)24-14-16-25(17-15-24)37-20-22-10-6-5-7-11-22/h5-17,21H,4,18-20H2,1-3H3,(H,30,34)/t21-/m1/s1. The Morgan fingerprint density at radius 2 is 1.61 bits per heavy atom. The second-order valence-electron chi connectivity index (χ2n) is 8.72. The smallest absolute Gasteiger partial charge is 0.244 e. The summed E-state index contributed by atoms with van der Waals surface area (Å²) in [7, 11) is -3.83. The Labute approximate surface area is 229 Å². The Bertz CT molecular complexity index is 1330. The van der Waals surface area contributed by atoms with Crippen LogP contribution in [0.4, 0.5) is 5.69 Å². The number of nitrogens with one attached hydrogen (secondary N) is 1. The quantitative estimate of drug-likeness (QED) is 0.359. The van der Waals surface area contributed by atoms with Gasteiger partial charge >= 0.3 is 0 Å². The van der Waals surface area contributed by atoms with E-state index in [0.717, 1.165) is 16.1 Å². The summed E-state index contributed by atoms with van der Waals surface area (Å²) in [6.45, 7) is 3.69. The van der Waals surface area contributed by atoms with Crippen molar-refractivity contribution in [2.45, 2.75) is 33.0 Å². The fourth-order valence-corrected chi connectivity index (χ4v) is 4.82. The summed E-state index contributed by atoms with van der Waals surface area (Å²) >= 11 is 6.32. The minimum atomic E-state index is -3.83. The highest BCUT2D eigenvalue weighted by Crippen LogP contribution is 2.24. The van der Waals surface area contributed by atoms with Crippen LogP contribution < -0.4 is 14.4 Å². The lowest BCUT2D eigenvalue weighted by Gasteiger charge is -2.31. The van der Waals surface area contributed by atoms with Crippen LogP contribution in [-0.4, -0.2) is 50.5 Å². The lowest BCUT2D eigenvalue weighted by atomic mass is 10.1. The second-order valence-corrected chi connectivity index (χ2v) is 11.0. The Morgan fingerprint density at radius 3 is 2.21 bits per heavy atom. The number of ether oxygens (including phenoxy) is 1. The summed E-state index contributed by atoms with van der Waals surface area (Å²) in [5.41, 5.74) is 1.94. The molecule has 0 aliphatic heterocycles. The van der Waals surface area contributed by atoms with Crippen LogP contribution in [0.15, 0.2) is 78.9 Å². The highest BCUT2D eigenvalue weighted by Gasteiger charge is 2.30. The van der Waals surface area contributed by atoms with Gasteiger partial charge in [-0.2, -0.15) is 0 Å². The van der Waals surface area contributed by atoms with Crippen LogP contribution in [0.2, 0.25) is 5.02 Å². The number of sulfonamides is 1. The van der Waals surface area contributed by atoms with E-state index in [1.165, 1.54) is 4.90 Å². The van der Waals surface area contributed by atoms with Crippen molar-refractivity contribution < 1.29 is 22.7 Å². The zero-order valence-corrected chi connectivity index (χ0v) is 23.2. The van der Waals surface area contributed by atoms with E-state index in [1.54, 1.807) is 62.4 Å². The van der Waals surface area contributed by atoms with E-state index in [2.05, 4.69) is 5.32 Å². The number of likely N-dealkylation sites (N-methyl/N-ethyl adjacent to an activating group) is 1. The van der Waals surface area contributed by atoms with E-state index in [4.69, 9.17) is 16.3 Å². The molecule has 1 N–H and O–H groups in total. The van der Waals surface area contributed by atoms with Gasteiger partial charge in [-0.3, -0.25) is 13.9 Å². The summed E-state index contributed by atoms with van der Waals surface area (Å²) in [4.78, 5) is 27.5. The molecule has 3 aromatic rings. The largest absolute Gasteiger partial charge is 0.489 e. The first kappa shape index (κ1) is 29.0. The first-order valence-electron chi connectivity index (χ1n) is 12.1. The Morgan fingerprint density at radius 1 is 0.974 bits per heavy atom. The number of amides is 2. The molecule has 10 heteroatoms. The van der Waals surface area contributed by atoms with E-state index in [0.29, 0.717) is 35.2 Å². The topological polar surface area (TPSA) is 96.0 Å². The average Bonchev–Trinajstić information content (AvgIpc) is 2.90. The fraction of sp³-hybridized carbons (Fsp3) is 0.286. The summed E-state index contributed by atoms with van der Waals surface area (Å²) in [6, 6.07) is 22.3. The normalized spacial score (nSPS) is 11.9. The number of rotatable bonds is 12. The molecule has 0 aromatic heterocycles. The lowest BCUT2D eigenvalue weighted by Crippen LogP contribution is -2.51. The summed E-state index contributed by atoms with van der Waals surface area (Å²) < 4.78 is 32.3. The van der Waals surface area contributed by atoms with Gasteiger partial charge in [-0.05, 0) is 55.3 Å². The minimum absolute atomic E-state index is 0.0423. The number of halogens is 1. The van der Waals surface area contributed by atoms with Crippen molar-refractivity contribution in [3.8, 4) is 5.75 Å². The lowest BCUT2D eigenvalue weighted by molar-refractivity contribution is -0.139. The molecule has 0 unspecified atom stereocenters. The van der Waals surface area contributed by atoms with Gasteiger partial charge in [-0.15, -0.1) is 0 Å². The zero-order chi connectivity index (χ0) is 27.7. The average molecular weight is 558 g/mol. The van der Waals surface area contributed by atoms with E-state index in [9.17, 15) is 18.0 Å². The third kappa shape index (κ3) is 7.97. The van der Waals surface area contributed by atoms with Gasteiger partial charge in [0.2, 0.25) is 21.8 Å². The third-order valence-electron chi connectivity index (χ3n) is 5.87. The predicted molar refractivity (Wildman–Crippen MR) is 150 cm³/mol. The van der Waals surface area contributed by atoms with Crippen LogP contribution in [0.1, 0.15) is 25.0 Å². The highest BCUT2D eigenvalue weighted by molar-refractivity contribution is 7.92. The minimum Gasteiger partial charge on any atom is -0.489 e. The molecule has 8 nitrogen and oxygen atoms in total. The molecule has 0 aliphatic rings. The summed E-state index contributed by atoms with van der Waals surface area (Å²) in [5, 5.41) is 3.16. The van der Waals surface area contributed by atoms with Crippen LogP contribution in [-0.2, 0) is 32.8 Å². The van der Waals surface area contributed by atoms with Crippen molar-refractivity contribution in [2.24, 2.45) is 0 Å². The zero-order valence-electron chi connectivity index (χ0n) is 21.6. The van der Waals surface area contributed by atoms with E-state index in [-0.39, 0.29) is 12.5 Å². The Balaban J connectivity index is 1.82. The number of anilines is 1. The van der Waals surface area contributed by atoms with Crippen molar-refractivity contribution in [3.05, 3.63) is 95.0 Å². The molecule has 0 fully saturated rings. The van der Waals surface area contributed by atoms with Crippen molar-refractivity contribution in [3.63, 3.8) is 0 Å². The molecule has 3 aromatic carbocycles. The molecule has 0 radical (unpaired) electrons. The van der Waals surface area contributed by atoms with Crippen LogP contribution >= 0.6 is 11.6 Å². The maximum Gasteiger partial charge on any atom is 0.244 e. The maximum atomic E-state index is 13.5. The van der Waals surface area contributed by atoms with Gasteiger partial charge in [0.25, 0.3) is 0 Å². The molecule has 0 heterocycles. The Hall–Kier alpha value is -3.56. The molecule has 0 saturated carbocycles. The van der Waals surface area contributed by atoms with Gasteiger partial charge in [0.05, 0.1) is 11.9 Å². The molecule has 0 aliphatic carbocycles. The summed E-state index contributed by atoms with van der Waals surface area (Å²) in [6.07, 6.45) is 1.03. The number of carbonyl (C=O) groups is 2. The number of hydrogen-bond acceptors (Lipinski definition) is 5. The molecule has 2 amide bonds. The molecule has 0 bridgehead atoms. The van der Waals surface area contributed by atoms with Crippen LogP contribution in [0, 0.1) is 0 Å². The van der Waals surface area contributed by atoms with Crippen molar-refractivity contribution >= 4 is 39.1 Å². The molecule has 38 heavy (non-hydrogen) atoms. The highest BCUT2D eigenvalue weighted by atomic mass is 35.5. The monoisotopic (exact) mass is 557 g/mol. The number of nitrogens with zero attached hydrogens (tertiary/aromatic N) is 2. The van der Waals surface area contributed by atoms with Crippen molar-refractivity contribution in [1.82, 2.24) is 10.2 Å². The molecule has 0 saturated heterocycles. The third-order valence-corrected chi connectivity index (χ3v) is 7.38. The first-order chi connectivity index (χ1) is 18.1. The first-order valence-corrected chi connectivity index (χ1v) is 14.4. The van der Waals surface area contributed by atoms with Gasteiger partial charge in [0, 0.05) is 18.1 Å². The van der Waals surface area contributed by atoms with Crippen molar-refractivity contribution in [1.29, 1.82) is 0 Å². The van der Waals surface area contributed by atoms with Crippen molar-refractivity contribution in [2.75, 3.05) is 23.7 Å². The number of carbonyl (C=O) groups excluding carboxylic acids is 2. The molecular formula is C28H32ClN3O5S. The SMILES string of the molecule is CCNC(=O)[C@@H](C)N(Cc1ccccc1Cl)C(=O)CN(c1ccc(OCc2ccccc2)cc1)S(C)(=O)=O. The van der Waals surface area contributed by atoms with E-state index >= 15 is 0 Å². The van der Waals surface area contributed by atoms with Crippen LogP contribution in [0.25, 0.3) is 0 Å². The summed E-state index contributed by atoms with van der Waals surface area (Å²) in [5.74, 6) is -0.334.